The van der Waals surface area contributed by atoms with Crippen molar-refractivity contribution in [3.05, 3.63) is 64.1 Å². The fourth-order valence-electron chi connectivity index (χ4n) is 3.74. The molecule has 2 aromatic heterocycles. The number of nitrogens with zero attached hydrogens (tertiary/aromatic N) is 1. The number of rotatable bonds is 3. The van der Waals surface area contributed by atoms with Gasteiger partial charge in [0.15, 0.2) is 0 Å². The van der Waals surface area contributed by atoms with Crippen LogP contribution in [0.5, 0.6) is 0 Å². The Labute approximate surface area is 154 Å². The van der Waals surface area contributed by atoms with E-state index < -0.39 is 0 Å². The molecule has 126 valence electrons. The highest BCUT2D eigenvalue weighted by Gasteiger charge is 2.32. The lowest BCUT2D eigenvalue weighted by atomic mass is 9.71. The molecule has 1 aliphatic carbocycles. The highest BCUT2D eigenvalue weighted by Crippen LogP contribution is 2.44. The molecule has 4 rings (SSSR count). The third kappa shape index (κ3) is 2.82. The second-order valence-corrected chi connectivity index (χ2v) is 7.15. The van der Waals surface area contributed by atoms with Crippen LogP contribution in [0.1, 0.15) is 47.7 Å². The zero-order chi connectivity index (χ0) is 16.0. The number of benzene rings is 1. The standard InChI is InChI=1S/C20H21ClN2.ClH/c1-12-13(2)23-19-17(12)10-11-22-20(19)18(14-4-3-5-14)15-6-8-16(21)9-7-15;/h6-11,14,18,23H,3-5H2,1-2H3;1H. The van der Waals surface area contributed by atoms with E-state index in [9.17, 15) is 0 Å². The van der Waals surface area contributed by atoms with Gasteiger partial charge in [0, 0.05) is 28.2 Å². The van der Waals surface area contributed by atoms with E-state index in [0.717, 1.165) is 5.02 Å². The molecule has 1 N–H and O–H groups in total. The maximum absolute atomic E-state index is 6.09. The van der Waals surface area contributed by atoms with Crippen molar-refractivity contribution in [2.75, 3.05) is 0 Å². The second kappa shape index (κ2) is 6.78. The summed E-state index contributed by atoms with van der Waals surface area (Å²) in [5.41, 5.74) is 6.27. The van der Waals surface area contributed by atoms with Crippen LogP contribution in [0.3, 0.4) is 0 Å². The average molecular weight is 361 g/mol. The van der Waals surface area contributed by atoms with Crippen LogP contribution in [0.25, 0.3) is 10.9 Å². The largest absolute Gasteiger partial charge is 0.357 e. The maximum atomic E-state index is 6.09. The van der Waals surface area contributed by atoms with Gasteiger partial charge in [-0.1, -0.05) is 30.2 Å². The molecular weight excluding hydrogens is 339 g/mol. The number of aryl methyl sites for hydroxylation is 2. The molecule has 24 heavy (non-hydrogen) atoms. The number of hydrogen-bond acceptors (Lipinski definition) is 1. The van der Waals surface area contributed by atoms with Crippen LogP contribution in [0.4, 0.5) is 0 Å². The first-order valence-corrected chi connectivity index (χ1v) is 8.72. The topological polar surface area (TPSA) is 28.7 Å². The Hall–Kier alpha value is -1.51. The van der Waals surface area contributed by atoms with Gasteiger partial charge in [0.05, 0.1) is 11.2 Å². The molecule has 1 aliphatic rings. The van der Waals surface area contributed by atoms with E-state index in [1.807, 2.05) is 18.3 Å². The van der Waals surface area contributed by atoms with Gasteiger partial charge < -0.3 is 4.98 Å². The summed E-state index contributed by atoms with van der Waals surface area (Å²) in [7, 11) is 0. The normalized spacial score (nSPS) is 15.8. The van der Waals surface area contributed by atoms with E-state index in [1.165, 1.54) is 52.7 Å². The summed E-state index contributed by atoms with van der Waals surface area (Å²) >= 11 is 6.09. The molecule has 0 radical (unpaired) electrons. The van der Waals surface area contributed by atoms with Crippen molar-refractivity contribution < 1.29 is 0 Å². The number of fused-ring (bicyclic) bond motifs is 1. The number of halogens is 2. The van der Waals surface area contributed by atoms with Gasteiger partial charge in [-0.15, -0.1) is 12.4 Å². The highest BCUT2D eigenvalue weighted by atomic mass is 35.5. The van der Waals surface area contributed by atoms with Gasteiger partial charge in [-0.2, -0.15) is 0 Å². The van der Waals surface area contributed by atoms with Crippen molar-refractivity contribution >= 4 is 34.9 Å². The fourth-order valence-corrected chi connectivity index (χ4v) is 3.86. The number of aromatic nitrogens is 2. The number of H-pyrrole nitrogens is 1. The Morgan fingerprint density at radius 1 is 1.12 bits per heavy atom. The predicted molar refractivity (Wildman–Crippen MR) is 103 cm³/mol. The summed E-state index contributed by atoms with van der Waals surface area (Å²) in [6, 6.07) is 10.4. The van der Waals surface area contributed by atoms with Gasteiger partial charge >= 0.3 is 0 Å². The molecule has 1 fully saturated rings. The monoisotopic (exact) mass is 360 g/mol. The molecule has 0 amide bonds. The second-order valence-electron chi connectivity index (χ2n) is 6.71. The molecule has 4 heteroatoms. The molecule has 1 atom stereocenters. The third-order valence-electron chi connectivity index (χ3n) is 5.40. The van der Waals surface area contributed by atoms with Crippen molar-refractivity contribution in [3.63, 3.8) is 0 Å². The van der Waals surface area contributed by atoms with Crippen molar-refractivity contribution in [1.82, 2.24) is 9.97 Å². The lowest BCUT2D eigenvalue weighted by Gasteiger charge is -2.34. The number of hydrogen-bond donors (Lipinski definition) is 1. The molecule has 0 bridgehead atoms. The van der Waals surface area contributed by atoms with Gasteiger partial charge in [0.25, 0.3) is 0 Å². The van der Waals surface area contributed by atoms with E-state index in [0.29, 0.717) is 11.8 Å². The highest BCUT2D eigenvalue weighted by molar-refractivity contribution is 6.30. The number of nitrogens with one attached hydrogen (secondary N) is 1. The van der Waals surface area contributed by atoms with Crippen LogP contribution in [-0.2, 0) is 0 Å². The molecule has 1 saturated carbocycles. The zero-order valence-electron chi connectivity index (χ0n) is 14.0. The first kappa shape index (κ1) is 17.3. The smallest absolute Gasteiger partial charge is 0.0721 e. The first-order valence-electron chi connectivity index (χ1n) is 8.34. The maximum Gasteiger partial charge on any atom is 0.0721 e. The minimum absolute atomic E-state index is 0. The Kier molecular flexibility index (Phi) is 4.89. The summed E-state index contributed by atoms with van der Waals surface area (Å²) < 4.78 is 0. The van der Waals surface area contributed by atoms with Crippen LogP contribution in [0.2, 0.25) is 5.02 Å². The zero-order valence-corrected chi connectivity index (χ0v) is 15.5. The first-order chi connectivity index (χ1) is 11.1. The van der Waals surface area contributed by atoms with E-state index in [2.05, 4.69) is 37.0 Å². The van der Waals surface area contributed by atoms with Crippen LogP contribution in [-0.4, -0.2) is 9.97 Å². The molecule has 2 nitrogen and oxygen atoms in total. The van der Waals surface area contributed by atoms with Crippen LogP contribution >= 0.6 is 24.0 Å². The minimum atomic E-state index is 0. The van der Waals surface area contributed by atoms with Crippen LogP contribution < -0.4 is 0 Å². The van der Waals surface area contributed by atoms with Gasteiger partial charge in [-0.3, -0.25) is 4.98 Å². The van der Waals surface area contributed by atoms with Crippen LogP contribution in [0, 0.1) is 19.8 Å². The van der Waals surface area contributed by atoms with Crippen molar-refractivity contribution in [2.24, 2.45) is 5.92 Å². The van der Waals surface area contributed by atoms with E-state index >= 15 is 0 Å². The van der Waals surface area contributed by atoms with E-state index in [1.54, 1.807) is 0 Å². The summed E-state index contributed by atoms with van der Waals surface area (Å²) in [6.07, 6.45) is 5.85. The molecule has 3 aromatic rings. The lowest BCUT2D eigenvalue weighted by molar-refractivity contribution is 0.282. The minimum Gasteiger partial charge on any atom is -0.357 e. The van der Waals surface area contributed by atoms with Gasteiger partial charge in [0.2, 0.25) is 0 Å². The molecule has 0 spiro atoms. The van der Waals surface area contributed by atoms with E-state index in [4.69, 9.17) is 16.6 Å². The molecule has 2 heterocycles. The predicted octanol–water partition coefficient (Wildman–Crippen LogP) is 6.19. The van der Waals surface area contributed by atoms with Gasteiger partial charge in [-0.05, 0) is 61.9 Å². The molecular formula is C20H22Cl2N2. The number of aromatic amines is 1. The molecule has 1 aromatic carbocycles. The van der Waals surface area contributed by atoms with Crippen molar-refractivity contribution in [2.45, 2.75) is 39.0 Å². The third-order valence-corrected chi connectivity index (χ3v) is 5.66. The summed E-state index contributed by atoms with van der Waals surface area (Å²) in [5, 5.41) is 2.09. The summed E-state index contributed by atoms with van der Waals surface area (Å²) in [6.45, 7) is 4.32. The Bertz CT molecular complexity index is 848. The summed E-state index contributed by atoms with van der Waals surface area (Å²) in [5.74, 6) is 1.03. The lowest BCUT2D eigenvalue weighted by Crippen LogP contribution is -2.22. The Morgan fingerprint density at radius 3 is 2.46 bits per heavy atom. The van der Waals surface area contributed by atoms with Gasteiger partial charge in [0.1, 0.15) is 0 Å². The number of pyridine rings is 1. The SMILES string of the molecule is Cc1[nH]c2c(C(c3ccc(Cl)cc3)C3CCC3)nccc2c1C.Cl. The Balaban J connectivity index is 0.00000169. The van der Waals surface area contributed by atoms with Crippen molar-refractivity contribution in [1.29, 1.82) is 0 Å². The molecule has 0 aliphatic heterocycles. The Morgan fingerprint density at radius 2 is 1.83 bits per heavy atom. The van der Waals surface area contributed by atoms with E-state index in [-0.39, 0.29) is 12.4 Å². The van der Waals surface area contributed by atoms with Crippen LogP contribution in [0.15, 0.2) is 36.5 Å². The summed E-state index contributed by atoms with van der Waals surface area (Å²) in [4.78, 5) is 8.37. The molecule has 0 saturated heterocycles. The average Bonchev–Trinajstić information content (AvgIpc) is 2.80. The van der Waals surface area contributed by atoms with Crippen molar-refractivity contribution in [3.8, 4) is 0 Å². The van der Waals surface area contributed by atoms with Gasteiger partial charge in [-0.25, -0.2) is 0 Å². The quantitative estimate of drug-likeness (QED) is 0.592. The fraction of sp³-hybridized carbons (Fsp3) is 0.350. The molecule has 1 unspecified atom stereocenters.